The van der Waals surface area contributed by atoms with Crippen molar-refractivity contribution in [1.82, 2.24) is 9.97 Å². The number of nitrogens with zero attached hydrogens (tertiary/aromatic N) is 3. The molecular weight excluding hydrogens is 202 g/mol. The summed E-state index contributed by atoms with van der Waals surface area (Å²) in [7, 11) is -0.459. The van der Waals surface area contributed by atoms with E-state index in [1.807, 2.05) is 0 Å². The second-order valence-electron chi connectivity index (χ2n) is 3.05. The smallest absolute Gasteiger partial charge is 0.316 e. The highest BCUT2D eigenvalue weighted by Crippen LogP contribution is 2.20. The lowest BCUT2D eigenvalue weighted by atomic mass is 10.5. The minimum atomic E-state index is -1.96. The van der Waals surface area contributed by atoms with E-state index in [4.69, 9.17) is 4.74 Å². The van der Waals surface area contributed by atoms with Crippen molar-refractivity contribution in [2.24, 2.45) is 4.36 Å². The third kappa shape index (κ3) is 1.84. The van der Waals surface area contributed by atoms with Gasteiger partial charge in [-0.15, -0.1) is 0 Å². The molecule has 6 heteroatoms. The molecule has 5 nitrogen and oxygen atoms in total. The van der Waals surface area contributed by atoms with Crippen LogP contribution in [0.15, 0.2) is 16.8 Å². The highest BCUT2D eigenvalue weighted by atomic mass is 32.2. The van der Waals surface area contributed by atoms with Gasteiger partial charge in [-0.2, -0.15) is 4.36 Å². The fourth-order valence-electron chi connectivity index (χ4n) is 1.14. The minimum Gasteiger partial charge on any atom is -0.467 e. The maximum atomic E-state index is 11.7. The van der Waals surface area contributed by atoms with Crippen LogP contribution in [-0.4, -0.2) is 32.8 Å². The topological polar surface area (TPSA) is 64.4 Å². The summed E-state index contributed by atoms with van der Waals surface area (Å²) in [5, 5.41) is 0. The highest BCUT2D eigenvalue weighted by Gasteiger charge is 2.19. The Balaban J connectivity index is 2.26. The van der Waals surface area contributed by atoms with Crippen LogP contribution in [0.3, 0.4) is 0 Å². The lowest BCUT2D eigenvalue weighted by Crippen LogP contribution is -2.22. The summed E-state index contributed by atoms with van der Waals surface area (Å²) in [6.45, 7) is 0. The van der Waals surface area contributed by atoms with Crippen LogP contribution >= 0.6 is 0 Å². The lowest BCUT2D eigenvalue weighted by molar-refractivity contribution is 0.380. The summed E-state index contributed by atoms with van der Waals surface area (Å²) in [4.78, 5) is 7.77. The van der Waals surface area contributed by atoms with Crippen molar-refractivity contribution < 1.29 is 8.95 Å². The molecule has 0 spiro atoms. The van der Waals surface area contributed by atoms with Gasteiger partial charge in [-0.1, -0.05) is 0 Å². The highest BCUT2D eigenvalue weighted by molar-refractivity contribution is 7.95. The SMILES string of the molecule is COc1ncc(N=S2(=O)CCC2)cn1. The third-order valence-electron chi connectivity index (χ3n) is 2.00. The summed E-state index contributed by atoms with van der Waals surface area (Å²) in [6, 6.07) is 0.299. The van der Waals surface area contributed by atoms with Crippen molar-refractivity contribution >= 4 is 15.4 Å². The van der Waals surface area contributed by atoms with Gasteiger partial charge in [0.15, 0.2) is 0 Å². The number of hydrogen-bond acceptors (Lipinski definition) is 5. The van der Waals surface area contributed by atoms with Crippen LogP contribution in [0.2, 0.25) is 0 Å². The molecule has 1 aromatic rings. The van der Waals surface area contributed by atoms with Crippen LogP contribution in [0.1, 0.15) is 6.42 Å². The Morgan fingerprint density at radius 2 is 2.07 bits per heavy atom. The van der Waals surface area contributed by atoms with E-state index in [0.717, 1.165) is 6.42 Å². The van der Waals surface area contributed by atoms with E-state index in [-0.39, 0.29) is 0 Å². The van der Waals surface area contributed by atoms with Crippen molar-refractivity contribution in [3.8, 4) is 6.01 Å². The fourth-order valence-corrected chi connectivity index (χ4v) is 2.58. The quantitative estimate of drug-likeness (QED) is 0.734. The number of hydrogen-bond donors (Lipinski definition) is 0. The average molecular weight is 213 g/mol. The van der Waals surface area contributed by atoms with Crippen molar-refractivity contribution in [1.29, 1.82) is 0 Å². The number of methoxy groups -OCH3 is 1. The molecule has 1 aliphatic heterocycles. The summed E-state index contributed by atoms with van der Waals surface area (Å²) < 4.78 is 20.6. The van der Waals surface area contributed by atoms with Gasteiger partial charge in [0.2, 0.25) is 0 Å². The van der Waals surface area contributed by atoms with Crippen LogP contribution < -0.4 is 4.74 Å². The third-order valence-corrected chi connectivity index (χ3v) is 4.39. The molecule has 0 saturated carbocycles. The molecule has 0 atom stereocenters. The van der Waals surface area contributed by atoms with Crippen LogP contribution in [-0.2, 0) is 9.73 Å². The molecule has 0 unspecified atom stereocenters. The Hall–Kier alpha value is -1.17. The molecule has 0 bridgehead atoms. The molecule has 0 amide bonds. The van der Waals surface area contributed by atoms with Gasteiger partial charge >= 0.3 is 6.01 Å². The normalized spacial score (nSPS) is 18.4. The maximum Gasteiger partial charge on any atom is 0.316 e. The van der Waals surface area contributed by atoms with Crippen LogP contribution in [0.4, 0.5) is 5.69 Å². The summed E-state index contributed by atoms with van der Waals surface area (Å²) in [5.41, 5.74) is 0.565. The molecule has 0 N–H and O–H groups in total. The van der Waals surface area contributed by atoms with Gasteiger partial charge in [-0.3, -0.25) is 0 Å². The van der Waals surface area contributed by atoms with Crippen LogP contribution in [0, 0.1) is 0 Å². The number of rotatable bonds is 2. The van der Waals surface area contributed by atoms with Crippen LogP contribution in [0.5, 0.6) is 6.01 Å². The monoisotopic (exact) mass is 213 g/mol. The molecule has 1 fully saturated rings. The van der Waals surface area contributed by atoms with Crippen molar-refractivity contribution in [2.75, 3.05) is 18.6 Å². The molecule has 0 aromatic carbocycles. The molecule has 14 heavy (non-hydrogen) atoms. The van der Waals surface area contributed by atoms with E-state index in [1.54, 1.807) is 0 Å². The second kappa shape index (κ2) is 3.53. The van der Waals surface area contributed by atoms with E-state index in [9.17, 15) is 4.21 Å². The standard InChI is InChI=1S/C8H11N3O2S/c1-13-8-9-5-7(6-10-8)11-14(12)3-2-4-14/h5-6H,2-4H2,1H3. The first-order valence-corrected chi connectivity index (χ1v) is 6.16. The van der Waals surface area contributed by atoms with Gasteiger partial charge in [0, 0.05) is 11.5 Å². The first-order chi connectivity index (χ1) is 6.72. The molecule has 2 heterocycles. The van der Waals surface area contributed by atoms with E-state index in [2.05, 4.69) is 14.3 Å². The van der Waals surface area contributed by atoms with E-state index in [1.165, 1.54) is 19.5 Å². The summed E-state index contributed by atoms with van der Waals surface area (Å²) >= 11 is 0. The zero-order valence-corrected chi connectivity index (χ0v) is 8.66. The number of ether oxygens (including phenoxy) is 1. The van der Waals surface area contributed by atoms with Gasteiger partial charge in [0.05, 0.1) is 29.2 Å². The fraction of sp³-hybridized carbons (Fsp3) is 0.500. The Morgan fingerprint density at radius 1 is 1.43 bits per heavy atom. The first-order valence-electron chi connectivity index (χ1n) is 4.30. The van der Waals surface area contributed by atoms with Gasteiger partial charge in [0.1, 0.15) is 5.69 Å². The molecule has 0 radical (unpaired) electrons. The predicted octanol–water partition coefficient (Wildman–Crippen LogP) is 0.988. The molecular formula is C8H11N3O2S. The first kappa shape index (κ1) is 9.39. The summed E-state index contributed by atoms with van der Waals surface area (Å²) in [6.07, 6.45) is 4.05. The second-order valence-corrected chi connectivity index (χ2v) is 5.60. The molecule has 76 valence electrons. The van der Waals surface area contributed by atoms with Crippen LogP contribution in [0.25, 0.3) is 0 Å². The predicted molar refractivity (Wildman–Crippen MR) is 53.2 cm³/mol. The van der Waals surface area contributed by atoms with Gasteiger partial charge < -0.3 is 4.74 Å². The molecule has 2 rings (SSSR count). The maximum absolute atomic E-state index is 11.7. The molecule has 1 saturated heterocycles. The Kier molecular flexibility index (Phi) is 2.37. The largest absolute Gasteiger partial charge is 0.467 e. The Morgan fingerprint density at radius 3 is 2.50 bits per heavy atom. The van der Waals surface area contributed by atoms with Gasteiger partial charge in [-0.25, -0.2) is 14.2 Å². The Bertz CT molecular complexity index is 424. The van der Waals surface area contributed by atoms with E-state index < -0.39 is 9.73 Å². The van der Waals surface area contributed by atoms with E-state index in [0.29, 0.717) is 23.2 Å². The van der Waals surface area contributed by atoms with Gasteiger partial charge in [0.25, 0.3) is 0 Å². The number of aromatic nitrogens is 2. The zero-order valence-electron chi connectivity index (χ0n) is 7.84. The molecule has 0 aliphatic carbocycles. The Labute approximate surface area is 82.7 Å². The van der Waals surface area contributed by atoms with Crippen molar-refractivity contribution in [3.63, 3.8) is 0 Å². The van der Waals surface area contributed by atoms with Crippen molar-refractivity contribution in [2.45, 2.75) is 6.42 Å². The summed E-state index contributed by atoms with van der Waals surface area (Å²) in [5.74, 6) is 1.39. The molecule has 1 aromatic heterocycles. The molecule has 1 aliphatic rings. The minimum absolute atomic E-state index is 0.299. The lowest BCUT2D eigenvalue weighted by Gasteiger charge is -2.17. The average Bonchev–Trinajstić information content (AvgIpc) is 2.17. The van der Waals surface area contributed by atoms with E-state index >= 15 is 0 Å². The van der Waals surface area contributed by atoms with Crippen molar-refractivity contribution in [3.05, 3.63) is 12.4 Å². The zero-order chi connectivity index (χ0) is 10.0. The van der Waals surface area contributed by atoms with Gasteiger partial charge in [-0.05, 0) is 6.42 Å².